The van der Waals surface area contributed by atoms with Crippen molar-refractivity contribution in [2.24, 2.45) is 0 Å². The number of fused-ring (bicyclic) bond motifs is 25. The van der Waals surface area contributed by atoms with Crippen molar-refractivity contribution in [3.8, 4) is 44.5 Å². The van der Waals surface area contributed by atoms with E-state index in [9.17, 15) is 0 Å². The summed E-state index contributed by atoms with van der Waals surface area (Å²) in [6.07, 6.45) is 0. The average molecular weight is 1230 g/mol. The van der Waals surface area contributed by atoms with Gasteiger partial charge in [0, 0.05) is 71.8 Å². The predicted octanol–water partition coefficient (Wildman–Crippen LogP) is 24.2. The zero-order valence-electron chi connectivity index (χ0n) is 53.5. The van der Waals surface area contributed by atoms with E-state index < -0.39 is 16.2 Å². The van der Waals surface area contributed by atoms with Crippen LogP contribution in [-0.2, 0) is 21.7 Å². The van der Waals surface area contributed by atoms with Gasteiger partial charge in [-0.15, -0.1) is 0 Å². The molecule has 3 heterocycles. The van der Waals surface area contributed by atoms with E-state index in [4.69, 9.17) is 13.3 Å². The minimum atomic E-state index is -0.797. The van der Waals surface area contributed by atoms with Gasteiger partial charge in [0.05, 0.1) is 10.8 Å². The van der Waals surface area contributed by atoms with Crippen LogP contribution in [0.5, 0.6) is 0 Å². The molecule has 4 heteroatoms. The van der Waals surface area contributed by atoms with Gasteiger partial charge >= 0.3 is 0 Å². The fourth-order valence-electron chi connectivity index (χ4n) is 18.9. The van der Waals surface area contributed by atoms with Gasteiger partial charge in [-0.3, -0.25) is 0 Å². The summed E-state index contributed by atoms with van der Waals surface area (Å²) in [5.74, 6) is 0. The first-order chi connectivity index (χ1) is 47.1. The average Bonchev–Trinajstić information content (AvgIpc) is 1.51. The summed E-state index contributed by atoms with van der Waals surface area (Å²) in [7, 11) is 0. The molecule has 0 saturated heterocycles. The molecular weight excluding hydrogens is 1170 g/mol. The van der Waals surface area contributed by atoms with Crippen LogP contribution in [0.2, 0.25) is 0 Å². The number of para-hydroxylation sites is 3. The van der Waals surface area contributed by atoms with E-state index >= 15 is 0 Å². The fourth-order valence-corrected chi connectivity index (χ4v) is 18.9. The second-order valence-corrected chi connectivity index (χ2v) is 28.0. The van der Waals surface area contributed by atoms with Crippen molar-refractivity contribution in [3.63, 3.8) is 0 Å². The van der Waals surface area contributed by atoms with Gasteiger partial charge in [-0.1, -0.05) is 246 Å². The molecule has 0 radical (unpaired) electrons. The van der Waals surface area contributed by atoms with Gasteiger partial charge < -0.3 is 18.2 Å². The Bertz CT molecular complexity index is 6120. The zero-order chi connectivity index (χ0) is 63.6. The first-order valence-corrected chi connectivity index (χ1v) is 33.6. The normalized spacial score (nSPS) is 15.2. The molecule has 96 heavy (non-hydrogen) atoms. The molecule has 0 spiro atoms. The molecular formula is C92H61NO3. The van der Waals surface area contributed by atoms with Gasteiger partial charge in [-0.05, 0) is 179 Å². The number of furan rings is 3. The van der Waals surface area contributed by atoms with Crippen LogP contribution >= 0.6 is 0 Å². The molecule has 0 amide bonds. The Kier molecular flexibility index (Phi) is 10.6. The molecule has 0 aliphatic heterocycles. The van der Waals surface area contributed by atoms with E-state index in [2.05, 4.69) is 330 Å². The van der Waals surface area contributed by atoms with Crippen LogP contribution in [0.25, 0.3) is 110 Å². The van der Waals surface area contributed by atoms with Crippen molar-refractivity contribution < 1.29 is 13.3 Å². The van der Waals surface area contributed by atoms with Crippen LogP contribution < -0.4 is 4.90 Å². The highest BCUT2D eigenvalue weighted by molar-refractivity contribution is 6.21. The van der Waals surface area contributed by atoms with E-state index in [0.717, 1.165) is 77.5 Å². The van der Waals surface area contributed by atoms with Crippen molar-refractivity contribution in [2.45, 2.75) is 49.4 Å². The van der Waals surface area contributed by atoms with Crippen LogP contribution in [0.1, 0.15) is 94.5 Å². The molecule has 14 aromatic carbocycles. The van der Waals surface area contributed by atoms with Crippen molar-refractivity contribution >= 4 is 82.9 Å². The van der Waals surface area contributed by atoms with E-state index in [1.165, 1.54) is 117 Å². The molecule has 0 fully saturated rings. The molecule has 4 aliphatic carbocycles. The largest absolute Gasteiger partial charge is 0.456 e. The van der Waals surface area contributed by atoms with E-state index in [-0.39, 0.29) is 5.41 Å². The second kappa shape index (κ2) is 19.0. The van der Waals surface area contributed by atoms with Crippen LogP contribution in [0.15, 0.2) is 311 Å². The maximum absolute atomic E-state index is 7.13. The first kappa shape index (κ1) is 53.8. The molecule has 0 bridgehead atoms. The molecule has 452 valence electrons. The molecule has 0 N–H and O–H groups in total. The predicted molar refractivity (Wildman–Crippen MR) is 393 cm³/mol. The molecule has 0 unspecified atom stereocenters. The van der Waals surface area contributed by atoms with E-state index in [1.807, 2.05) is 0 Å². The Morgan fingerprint density at radius 2 is 0.688 bits per heavy atom. The van der Waals surface area contributed by atoms with E-state index in [1.54, 1.807) is 0 Å². The van der Waals surface area contributed by atoms with Crippen molar-refractivity contribution in [2.75, 3.05) is 4.90 Å². The molecule has 0 saturated carbocycles. The number of anilines is 3. The SMILES string of the molecule is CC1(C)c2ccccc2-c2c1c1c(c3c2oc2ccccc23)-c2ccc(N(c3ccc4c(c3)C(c3ccccc3)(c3ccccc3)c3cc5c(cc3-4)C(c3ccccc3)(c3ccccc3)c3ccc4oc6ccccc6c4c3-5)c3ccc4c(c3)oc3ccccc34)cc2C1(C)C. The molecule has 17 aromatic rings. The van der Waals surface area contributed by atoms with Crippen LogP contribution in [-0.4, -0.2) is 0 Å². The highest BCUT2D eigenvalue weighted by Gasteiger charge is 2.53. The third-order valence-electron chi connectivity index (χ3n) is 22.7. The molecule has 21 rings (SSSR count). The van der Waals surface area contributed by atoms with Gasteiger partial charge in [0.15, 0.2) is 0 Å². The zero-order valence-corrected chi connectivity index (χ0v) is 53.5. The smallest absolute Gasteiger partial charge is 0.144 e. The maximum Gasteiger partial charge on any atom is 0.144 e. The summed E-state index contributed by atoms with van der Waals surface area (Å²) < 4.78 is 20.8. The van der Waals surface area contributed by atoms with Gasteiger partial charge in [0.2, 0.25) is 0 Å². The monoisotopic (exact) mass is 1230 g/mol. The number of rotatable bonds is 7. The minimum Gasteiger partial charge on any atom is -0.456 e. The number of benzene rings is 14. The van der Waals surface area contributed by atoms with Crippen molar-refractivity contribution in [1.29, 1.82) is 0 Å². The van der Waals surface area contributed by atoms with Crippen LogP contribution in [0, 0.1) is 0 Å². The lowest BCUT2D eigenvalue weighted by molar-refractivity contribution is 0.600. The van der Waals surface area contributed by atoms with Gasteiger partial charge in [0.25, 0.3) is 0 Å². The molecule has 4 nitrogen and oxygen atoms in total. The number of hydrogen-bond donors (Lipinski definition) is 0. The minimum absolute atomic E-state index is 0.292. The Morgan fingerprint density at radius 3 is 1.34 bits per heavy atom. The summed E-state index contributed by atoms with van der Waals surface area (Å²) in [6.45, 7) is 9.75. The maximum atomic E-state index is 7.13. The Hall–Kier alpha value is -11.7. The van der Waals surface area contributed by atoms with E-state index in [0.29, 0.717) is 0 Å². The first-order valence-electron chi connectivity index (χ1n) is 33.6. The summed E-state index contributed by atoms with van der Waals surface area (Å²) in [5, 5.41) is 6.77. The summed E-state index contributed by atoms with van der Waals surface area (Å²) in [4.78, 5) is 2.50. The van der Waals surface area contributed by atoms with Gasteiger partial charge in [-0.25, -0.2) is 0 Å². The second-order valence-electron chi connectivity index (χ2n) is 28.0. The van der Waals surface area contributed by atoms with Gasteiger partial charge in [-0.2, -0.15) is 0 Å². The quantitative estimate of drug-likeness (QED) is 0.159. The lowest BCUT2D eigenvalue weighted by atomic mass is 9.66. The lowest BCUT2D eigenvalue weighted by Gasteiger charge is -2.36. The third kappa shape index (κ3) is 6.73. The highest BCUT2D eigenvalue weighted by atomic mass is 16.3. The van der Waals surface area contributed by atoms with Crippen molar-refractivity contribution in [3.05, 3.63) is 364 Å². The molecule has 3 aromatic heterocycles. The summed E-state index contributed by atoms with van der Waals surface area (Å²) >= 11 is 0. The summed E-state index contributed by atoms with van der Waals surface area (Å²) in [5.41, 5.74) is 31.2. The van der Waals surface area contributed by atoms with Crippen molar-refractivity contribution in [1.82, 2.24) is 0 Å². The Labute approximate surface area is 555 Å². The number of nitrogens with zero attached hydrogens (tertiary/aromatic N) is 1. The lowest BCUT2D eigenvalue weighted by Crippen LogP contribution is -2.30. The third-order valence-corrected chi connectivity index (χ3v) is 22.7. The highest BCUT2D eigenvalue weighted by Crippen LogP contribution is 2.67. The molecule has 4 aliphatic rings. The fraction of sp³-hybridized carbons (Fsp3) is 0.0870. The Morgan fingerprint density at radius 1 is 0.250 bits per heavy atom. The van der Waals surface area contributed by atoms with Gasteiger partial charge in [0.1, 0.15) is 33.5 Å². The Balaban J connectivity index is 0.848. The summed E-state index contributed by atoms with van der Waals surface area (Å²) in [6, 6.07) is 111. The van der Waals surface area contributed by atoms with Crippen LogP contribution in [0.3, 0.4) is 0 Å². The van der Waals surface area contributed by atoms with Crippen LogP contribution in [0.4, 0.5) is 17.1 Å². The topological polar surface area (TPSA) is 42.7 Å². The number of hydrogen-bond acceptors (Lipinski definition) is 4. The standard InChI is InChI=1S/C92H61NO3/c1-89(2)70-37-21-17-34-64(70)85-87(89)86-83(84-67-36-20-24-40-78(67)96-88(84)85)65-46-43-58(49-72(65)90(86,3)4)93(60-42-45-63-62-33-18-22-38-76(62)95-80(63)51-60)59-41-44-61-68-52-75-69(53-74(68)92(73(61)50-59,56-29-13-7-14-30-56)57-31-15-8-16-32-57)81-71(47-48-79-82(81)66-35-19-23-39-77(66)94-79)91(75,54-25-9-5-10-26-54)55-27-11-6-12-28-55/h5-53H,1-4H3. The molecule has 0 atom stereocenters.